The largest absolute Gasteiger partial charge is 0.347 e. The Morgan fingerprint density at radius 3 is 2.76 bits per heavy atom. The number of rotatable bonds is 5. The number of carbonyl (C=O) groups is 2. The molecule has 1 heterocycles. The normalized spacial score (nSPS) is 11.6. The maximum Gasteiger partial charge on any atom is 0.259 e. The van der Waals surface area contributed by atoms with Gasteiger partial charge in [-0.15, -0.1) is 5.10 Å². The van der Waals surface area contributed by atoms with Crippen LogP contribution in [0.1, 0.15) is 19.8 Å². The number of para-hydroxylation sites is 1. The van der Waals surface area contributed by atoms with Crippen molar-refractivity contribution in [1.29, 1.82) is 0 Å². The number of fused-ring (bicyclic) bond motifs is 1. The summed E-state index contributed by atoms with van der Waals surface area (Å²) < 4.78 is 3.01. The summed E-state index contributed by atoms with van der Waals surface area (Å²) in [6, 6.07) is 7.93. The fourth-order valence-electron chi connectivity index (χ4n) is 1.83. The van der Waals surface area contributed by atoms with Gasteiger partial charge in [-0.2, -0.15) is 0 Å². The van der Waals surface area contributed by atoms with Crippen LogP contribution in [0.3, 0.4) is 0 Å². The highest BCUT2D eigenvalue weighted by Gasteiger charge is 2.05. The predicted octanol–water partition coefficient (Wildman–Crippen LogP) is 1.09. The van der Waals surface area contributed by atoms with Crippen LogP contribution in [-0.2, 0) is 16.6 Å². The first kappa shape index (κ1) is 15.2. The molecular formula is C14H18N4O2S. The van der Waals surface area contributed by atoms with Crippen molar-refractivity contribution in [2.24, 2.45) is 12.1 Å². The molecule has 0 saturated carbocycles. The molecule has 2 amide bonds. The Bertz CT molecular complexity index is 717. The number of nitrogens with one attached hydrogen (secondary N) is 2. The van der Waals surface area contributed by atoms with Gasteiger partial charge in [0.05, 0.1) is 16.8 Å². The molecule has 2 N–H and O–H groups in total. The van der Waals surface area contributed by atoms with Crippen LogP contribution in [0.4, 0.5) is 0 Å². The van der Waals surface area contributed by atoms with Crippen LogP contribution in [0, 0.1) is 0 Å². The Morgan fingerprint density at radius 1 is 1.29 bits per heavy atom. The molecule has 0 atom stereocenters. The number of aromatic nitrogens is 1. The van der Waals surface area contributed by atoms with Gasteiger partial charge in [0.15, 0.2) is 0 Å². The van der Waals surface area contributed by atoms with Gasteiger partial charge in [0.1, 0.15) is 0 Å². The van der Waals surface area contributed by atoms with Crippen molar-refractivity contribution in [1.82, 2.24) is 15.3 Å². The summed E-state index contributed by atoms with van der Waals surface area (Å²) in [5, 5.41) is 6.64. The summed E-state index contributed by atoms with van der Waals surface area (Å²) in [6.07, 6.45) is 1.19. The fourth-order valence-corrected chi connectivity index (χ4v) is 2.81. The van der Waals surface area contributed by atoms with E-state index in [1.165, 1.54) is 11.3 Å². The first-order valence-electron chi connectivity index (χ1n) is 6.75. The van der Waals surface area contributed by atoms with E-state index >= 15 is 0 Å². The van der Waals surface area contributed by atoms with Gasteiger partial charge in [-0.1, -0.05) is 30.4 Å². The van der Waals surface area contributed by atoms with Crippen LogP contribution in [0.2, 0.25) is 0 Å². The van der Waals surface area contributed by atoms with Crippen molar-refractivity contribution in [3.8, 4) is 0 Å². The number of nitrogens with zero attached hydrogens (tertiary/aromatic N) is 2. The molecular weight excluding hydrogens is 288 g/mol. The zero-order valence-corrected chi connectivity index (χ0v) is 12.9. The van der Waals surface area contributed by atoms with Gasteiger partial charge in [0, 0.05) is 13.5 Å². The molecule has 1 aromatic heterocycles. The van der Waals surface area contributed by atoms with Gasteiger partial charge in [-0.3, -0.25) is 9.59 Å². The molecule has 0 spiro atoms. The van der Waals surface area contributed by atoms with E-state index in [0.717, 1.165) is 16.6 Å². The van der Waals surface area contributed by atoms with E-state index < -0.39 is 0 Å². The van der Waals surface area contributed by atoms with E-state index in [1.807, 2.05) is 42.8 Å². The topological polar surface area (TPSA) is 75.5 Å². The third-order valence-electron chi connectivity index (χ3n) is 2.91. The maximum atomic E-state index is 11.6. The Labute approximate surface area is 126 Å². The van der Waals surface area contributed by atoms with Crippen LogP contribution in [-0.4, -0.2) is 22.9 Å². The molecule has 0 bridgehead atoms. The summed E-state index contributed by atoms with van der Waals surface area (Å²) in [7, 11) is 1.90. The minimum Gasteiger partial charge on any atom is -0.347 e. The van der Waals surface area contributed by atoms with Crippen molar-refractivity contribution in [3.05, 3.63) is 29.1 Å². The maximum absolute atomic E-state index is 11.6. The predicted molar refractivity (Wildman–Crippen MR) is 82.4 cm³/mol. The Hall–Kier alpha value is -2.15. The molecule has 0 aliphatic rings. The van der Waals surface area contributed by atoms with Gasteiger partial charge < -0.3 is 9.88 Å². The fraction of sp³-hybridized carbons (Fsp3) is 0.357. The van der Waals surface area contributed by atoms with Crippen LogP contribution in [0.25, 0.3) is 10.2 Å². The van der Waals surface area contributed by atoms with Crippen molar-refractivity contribution >= 4 is 33.4 Å². The molecule has 112 valence electrons. The molecule has 6 nitrogen and oxygen atoms in total. The summed E-state index contributed by atoms with van der Waals surface area (Å²) >= 11 is 1.49. The SMILES string of the molecule is CCCC(=O)NCC(=O)N/N=c1\sc2ccccc2n1C. The number of carbonyl (C=O) groups excluding carboxylic acids is 2. The standard InChI is InChI=1S/C14H18N4O2S/c1-3-6-12(19)15-9-13(20)16-17-14-18(2)10-7-4-5-8-11(10)21-14/h4-5,7-8H,3,6,9H2,1-2H3,(H,15,19)(H,16,20)/b17-14-. The molecule has 0 radical (unpaired) electrons. The number of amides is 2. The van der Waals surface area contributed by atoms with E-state index in [9.17, 15) is 9.59 Å². The first-order chi connectivity index (χ1) is 10.1. The average Bonchev–Trinajstić information content (AvgIpc) is 2.80. The Balaban J connectivity index is 2.01. The lowest BCUT2D eigenvalue weighted by Gasteiger charge is -2.02. The van der Waals surface area contributed by atoms with Gasteiger partial charge in [-0.05, 0) is 18.6 Å². The summed E-state index contributed by atoms with van der Waals surface area (Å²) in [5.74, 6) is -0.461. The van der Waals surface area contributed by atoms with Gasteiger partial charge in [0.2, 0.25) is 10.7 Å². The number of benzene rings is 1. The van der Waals surface area contributed by atoms with Crippen molar-refractivity contribution < 1.29 is 9.59 Å². The van der Waals surface area contributed by atoms with Crippen molar-refractivity contribution in [2.45, 2.75) is 19.8 Å². The minimum atomic E-state index is -0.336. The van der Waals surface area contributed by atoms with Gasteiger partial charge >= 0.3 is 0 Å². The average molecular weight is 306 g/mol. The molecule has 2 aromatic rings. The second-order valence-corrected chi connectivity index (χ2v) is 5.59. The zero-order valence-electron chi connectivity index (χ0n) is 12.0. The summed E-state index contributed by atoms with van der Waals surface area (Å²) in [4.78, 5) is 23.6. The molecule has 0 aliphatic heterocycles. The lowest BCUT2D eigenvalue weighted by atomic mass is 10.3. The monoisotopic (exact) mass is 306 g/mol. The minimum absolute atomic E-state index is 0.0586. The summed E-state index contributed by atoms with van der Waals surface area (Å²) in [6.45, 7) is 1.85. The molecule has 7 heteroatoms. The van der Waals surface area contributed by atoms with E-state index in [2.05, 4.69) is 15.8 Å². The third-order valence-corrected chi connectivity index (χ3v) is 4.03. The molecule has 0 saturated heterocycles. The van der Waals surface area contributed by atoms with Crippen LogP contribution in [0.15, 0.2) is 29.4 Å². The number of hydrogen-bond acceptors (Lipinski definition) is 4. The second-order valence-electron chi connectivity index (χ2n) is 4.58. The molecule has 1 aromatic carbocycles. The number of aryl methyl sites for hydroxylation is 1. The third kappa shape index (κ3) is 3.91. The highest BCUT2D eigenvalue weighted by atomic mass is 32.1. The summed E-state index contributed by atoms with van der Waals surface area (Å²) in [5.41, 5.74) is 3.52. The van der Waals surface area contributed by atoms with E-state index in [1.54, 1.807) is 0 Å². The second kappa shape index (κ2) is 7.03. The Kier molecular flexibility index (Phi) is 5.10. The highest BCUT2D eigenvalue weighted by molar-refractivity contribution is 7.16. The lowest BCUT2D eigenvalue weighted by Crippen LogP contribution is -2.35. The van der Waals surface area contributed by atoms with Crippen LogP contribution in [0.5, 0.6) is 0 Å². The smallest absolute Gasteiger partial charge is 0.259 e. The first-order valence-corrected chi connectivity index (χ1v) is 7.57. The molecule has 0 fully saturated rings. The van der Waals surface area contributed by atoms with Crippen LogP contribution < -0.4 is 15.5 Å². The highest BCUT2D eigenvalue weighted by Crippen LogP contribution is 2.14. The molecule has 0 unspecified atom stereocenters. The quantitative estimate of drug-likeness (QED) is 0.811. The van der Waals surface area contributed by atoms with E-state index in [-0.39, 0.29) is 18.4 Å². The van der Waals surface area contributed by atoms with Crippen molar-refractivity contribution in [3.63, 3.8) is 0 Å². The van der Waals surface area contributed by atoms with E-state index in [4.69, 9.17) is 0 Å². The van der Waals surface area contributed by atoms with Gasteiger partial charge in [0.25, 0.3) is 5.91 Å². The number of thiazole rings is 1. The van der Waals surface area contributed by atoms with Gasteiger partial charge in [-0.25, -0.2) is 5.43 Å². The lowest BCUT2D eigenvalue weighted by molar-refractivity contribution is -0.126. The Morgan fingerprint density at radius 2 is 2.05 bits per heavy atom. The van der Waals surface area contributed by atoms with Crippen molar-refractivity contribution in [2.75, 3.05) is 6.54 Å². The molecule has 21 heavy (non-hydrogen) atoms. The molecule has 2 rings (SSSR count). The molecule has 0 aliphatic carbocycles. The number of hydrogen-bond donors (Lipinski definition) is 2. The van der Waals surface area contributed by atoms with E-state index in [0.29, 0.717) is 11.2 Å². The zero-order chi connectivity index (χ0) is 15.2. The van der Waals surface area contributed by atoms with Crippen LogP contribution >= 0.6 is 11.3 Å².